The molecule has 3 aromatic carbocycles. The third-order valence-electron chi connectivity index (χ3n) is 8.16. The number of nitriles is 1. The Kier molecular flexibility index (Phi) is 5.74. The van der Waals surface area contributed by atoms with E-state index in [-0.39, 0.29) is 10.8 Å². The molecule has 0 amide bonds. The van der Waals surface area contributed by atoms with Gasteiger partial charge in [-0.25, -0.2) is 4.57 Å². The van der Waals surface area contributed by atoms with Gasteiger partial charge < -0.3 is 4.42 Å². The Balaban J connectivity index is 1.57. The molecular weight excluding hydrogens is 476 g/mol. The van der Waals surface area contributed by atoms with Crippen LogP contribution in [-0.2, 0) is 26.3 Å². The fourth-order valence-electron chi connectivity index (χ4n) is 6.55. The van der Waals surface area contributed by atoms with Crippen LogP contribution in [0.3, 0.4) is 0 Å². The Bertz CT molecular complexity index is 1820. The third kappa shape index (κ3) is 4.43. The Hall–Kier alpha value is -3.90. The maximum atomic E-state index is 10.1. The lowest BCUT2D eigenvalue weighted by Gasteiger charge is -2.17. The van der Waals surface area contributed by atoms with Crippen molar-refractivity contribution in [3.8, 4) is 28.5 Å². The van der Waals surface area contributed by atoms with E-state index in [1.54, 1.807) is 0 Å². The molecule has 5 aromatic rings. The third-order valence-corrected chi connectivity index (χ3v) is 8.16. The number of pyridine rings is 1. The minimum Gasteiger partial charge on any atom is -0.454 e. The number of fused-ring (bicyclic) bond motifs is 4. The quantitative estimate of drug-likeness (QED) is 0.227. The maximum absolute atomic E-state index is 10.1. The van der Waals surface area contributed by atoms with Crippen LogP contribution in [0.1, 0.15) is 62.4 Å². The number of rotatable bonds is 3. The van der Waals surface area contributed by atoms with Gasteiger partial charge in [-0.15, -0.1) is 0 Å². The Morgan fingerprint density at radius 3 is 2.28 bits per heavy atom. The first-order valence-corrected chi connectivity index (χ1v) is 13.9. The zero-order chi connectivity index (χ0) is 27.7. The number of benzene rings is 3. The highest BCUT2D eigenvalue weighted by molar-refractivity contribution is 6.14. The molecule has 3 heteroatoms. The van der Waals surface area contributed by atoms with Crippen molar-refractivity contribution in [3.05, 3.63) is 88.6 Å². The zero-order valence-corrected chi connectivity index (χ0v) is 24.2. The molecule has 0 spiro atoms. The van der Waals surface area contributed by atoms with Crippen molar-refractivity contribution in [3.63, 3.8) is 0 Å². The number of aromatic nitrogens is 1. The van der Waals surface area contributed by atoms with E-state index in [0.717, 1.165) is 63.6 Å². The van der Waals surface area contributed by atoms with Crippen molar-refractivity contribution < 1.29 is 8.98 Å². The molecule has 0 saturated heterocycles. The van der Waals surface area contributed by atoms with Crippen molar-refractivity contribution in [1.82, 2.24) is 0 Å². The largest absolute Gasteiger partial charge is 0.454 e. The van der Waals surface area contributed by atoms with Crippen LogP contribution in [0, 0.1) is 29.1 Å². The second-order valence-electron chi connectivity index (χ2n) is 13.5. The first kappa shape index (κ1) is 25.4. The molecule has 0 bridgehead atoms. The predicted molar refractivity (Wildman–Crippen MR) is 160 cm³/mol. The van der Waals surface area contributed by atoms with Gasteiger partial charge in [0.1, 0.15) is 18.2 Å². The number of aryl methyl sites for hydroxylation is 2. The smallest absolute Gasteiger partial charge is 0.216 e. The molecule has 0 unspecified atom stereocenters. The zero-order valence-electron chi connectivity index (χ0n) is 24.2. The summed E-state index contributed by atoms with van der Waals surface area (Å²) in [5, 5.41) is 12.2. The van der Waals surface area contributed by atoms with E-state index in [2.05, 4.69) is 108 Å². The summed E-state index contributed by atoms with van der Waals surface area (Å²) in [5.74, 6) is 0. The van der Waals surface area contributed by atoms with Gasteiger partial charge in [-0.2, -0.15) is 5.26 Å². The molecule has 0 N–H and O–H groups in total. The minimum absolute atomic E-state index is 0.228. The lowest BCUT2D eigenvalue weighted by atomic mass is 9.88. The molecule has 0 fully saturated rings. The van der Waals surface area contributed by atoms with Crippen LogP contribution in [0.15, 0.2) is 65.2 Å². The van der Waals surface area contributed by atoms with E-state index in [4.69, 9.17) is 4.42 Å². The Morgan fingerprint density at radius 1 is 0.897 bits per heavy atom. The van der Waals surface area contributed by atoms with Crippen LogP contribution in [0.4, 0.5) is 0 Å². The topological polar surface area (TPSA) is 40.8 Å². The van der Waals surface area contributed by atoms with Gasteiger partial charge in [-0.05, 0) is 77.5 Å². The normalized spacial score (nSPS) is 14.6. The molecule has 0 atom stereocenters. The van der Waals surface area contributed by atoms with Gasteiger partial charge in [-0.1, -0.05) is 65.0 Å². The lowest BCUT2D eigenvalue weighted by Crippen LogP contribution is -2.32. The molecule has 2 aromatic heterocycles. The molecule has 1 aliphatic rings. The molecule has 0 saturated carbocycles. The Morgan fingerprint density at radius 2 is 1.59 bits per heavy atom. The molecular formula is C36H37N2O+. The van der Waals surface area contributed by atoms with Crippen molar-refractivity contribution in [2.75, 3.05) is 0 Å². The average molecular weight is 514 g/mol. The summed E-state index contributed by atoms with van der Waals surface area (Å²) in [6.45, 7) is 13.6. The summed E-state index contributed by atoms with van der Waals surface area (Å²) in [5.41, 5.74) is 12.3. The van der Waals surface area contributed by atoms with E-state index in [1.165, 1.54) is 22.3 Å². The Labute approximate surface area is 231 Å². The highest BCUT2D eigenvalue weighted by atomic mass is 16.3. The van der Waals surface area contributed by atoms with Crippen LogP contribution in [-0.4, -0.2) is 0 Å². The van der Waals surface area contributed by atoms with Crippen LogP contribution in [0.5, 0.6) is 0 Å². The highest BCUT2D eigenvalue weighted by Crippen LogP contribution is 2.44. The number of furan rings is 1. The number of hydrogen-bond acceptors (Lipinski definition) is 2. The van der Waals surface area contributed by atoms with Gasteiger partial charge in [0, 0.05) is 28.0 Å². The summed E-state index contributed by atoms with van der Waals surface area (Å²) >= 11 is 0. The summed E-state index contributed by atoms with van der Waals surface area (Å²) < 4.78 is 9.03. The van der Waals surface area contributed by atoms with Gasteiger partial charge in [0.25, 0.3) is 0 Å². The van der Waals surface area contributed by atoms with E-state index in [1.807, 2.05) is 12.1 Å². The van der Waals surface area contributed by atoms with Gasteiger partial charge >= 0.3 is 0 Å². The standard InChI is InChI=1S/C36H37N2O/c1-22-8-13-28-29-14-12-26(20-37)32(24-10-11-25-18-36(5,6)19-27(25)16-24)34(29)39-33(28)31(22)30-15-9-23(21-38(30)7)17-35(2,3)4/h8-16,21H,17-19H2,1-7H3/q+1. The fourth-order valence-corrected chi connectivity index (χ4v) is 6.55. The second-order valence-corrected chi connectivity index (χ2v) is 13.5. The first-order valence-electron chi connectivity index (χ1n) is 13.9. The number of nitrogens with zero attached hydrogens (tertiary/aromatic N) is 2. The van der Waals surface area contributed by atoms with Crippen LogP contribution in [0.25, 0.3) is 44.3 Å². The molecule has 196 valence electrons. The number of hydrogen-bond donors (Lipinski definition) is 0. The van der Waals surface area contributed by atoms with Gasteiger partial charge in [-0.3, -0.25) is 0 Å². The van der Waals surface area contributed by atoms with E-state index < -0.39 is 0 Å². The summed E-state index contributed by atoms with van der Waals surface area (Å²) in [7, 11) is 2.12. The SMILES string of the molecule is Cc1ccc2c(oc3c(-c4ccc5c(c4)CC(C)(C)C5)c(C#N)ccc32)c1-c1ccc(CC(C)(C)C)c[n+]1C. The van der Waals surface area contributed by atoms with E-state index >= 15 is 0 Å². The summed E-state index contributed by atoms with van der Waals surface area (Å²) in [4.78, 5) is 0. The lowest BCUT2D eigenvalue weighted by molar-refractivity contribution is -0.660. The van der Waals surface area contributed by atoms with Crippen LogP contribution >= 0.6 is 0 Å². The minimum atomic E-state index is 0.228. The summed E-state index contributed by atoms with van der Waals surface area (Å²) in [6.07, 6.45) is 5.41. The van der Waals surface area contributed by atoms with E-state index in [0.29, 0.717) is 5.56 Å². The van der Waals surface area contributed by atoms with Gasteiger partial charge in [0.2, 0.25) is 5.69 Å². The van der Waals surface area contributed by atoms with Crippen molar-refractivity contribution >= 4 is 21.9 Å². The molecule has 1 aliphatic carbocycles. The molecule has 2 heterocycles. The predicted octanol–water partition coefficient (Wildman–Crippen LogP) is 8.64. The first-order chi connectivity index (χ1) is 18.4. The molecule has 6 rings (SSSR count). The molecule has 0 radical (unpaired) electrons. The summed E-state index contributed by atoms with van der Waals surface area (Å²) in [6, 6.07) is 22.0. The van der Waals surface area contributed by atoms with Crippen molar-refractivity contribution in [1.29, 1.82) is 5.26 Å². The van der Waals surface area contributed by atoms with Gasteiger partial charge in [0.15, 0.2) is 6.20 Å². The monoisotopic (exact) mass is 513 g/mol. The second kappa shape index (κ2) is 8.82. The van der Waals surface area contributed by atoms with Crippen LogP contribution in [0.2, 0.25) is 0 Å². The van der Waals surface area contributed by atoms with Crippen molar-refractivity contribution in [2.24, 2.45) is 17.9 Å². The molecule has 0 aliphatic heterocycles. The van der Waals surface area contributed by atoms with E-state index in [9.17, 15) is 5.26 Å². The maximum Gasteiger partial charge on any atom is 0.216 e. The molecule has 3 nitrogen and oxygen atoms in total. The highest BCUT2D eigenvalue weighted by Gasteiger charge is 2.29. The molecule has 39 heavy (non-hydrogen) atoms. The fraction of sp³-hybridized carbons (Fsp3) is 0.333. The van der Waals surface area contributed by atoms with Crippen LogP contribution < -0.4 is 4.57 Å². The average Bonchev–Trinajstić information content (AvgIpc) is 3.38. The van der Waals surface area contributed by atoms with Gasteiger partial charge in [0.05, 0.1) is 17.2 Å². The van der Waals surface area contributed by atoms with Crippen molar-refractivity contribution in [2.45, 2.75) is 60.8 Å².